The summed E-state index contributed by atoms with van der Waals surface area (Å²) in [6.07, 6.45) is 26.9. The van der Waals surface area contributed by atoms with Crippen molar-refractivity contribution in [1.29, 1.82) is 0 Å². The molecule has 0 saturated carbocycles. The number of nitrogens with zero attached hydrogens (tertiary/aromatic N) is 15. The van der Waals surface area contributed by atoms with E-state index in [1.807, 2.05) is 116 Å². The van der Waals surface area contributed by atoms with Gasteiger partial charge in [0, 0.05) is 188 Å². The molecule has 0 aliphatic carbocycles. The number of benzene rings is 12. The SMILES string of the molecule is C1=CN=C(c2ccc(-n3c4ccccc4c4ccc5sccc5c43)cc2)CC1.C1=NC=C(c2ccnc(-n3c4ccccc4c4ccc5sccc5c43)c2)CC1.c1ccc(-c2ncc(-n3c4ccccc4c4ccc5sccc5c43)cn2)cc1.c1cncc(-c2cccc(-n3c4ccccc4c4ccc5sccc5c43)n2)c1.c1cncc(-c2nccc(-n3c4ccccc4c4ccc5sccc5c43)n2)c1. The lowest BCUT2D eigenvalue weighted by atomic mass is 10.0. The first-order valence-electron chi connectivity index (χ1n) is 46.5. The zero-order valence-corrected chi connectivity index (χ0v) is 79.2. The van der Waals surface area contributed by atoms with Crippen molar-refractivity contribution in [2.24, 2.45) is 9.98 Å². The van der Waals surface area contributed by atoms with Gasteiger partial charge >= 0.3 is 0 Å². The van der Waals surface area contributed by atoms with Crippen LogP contribution in [0.3, 0.4) is 0 Å². The van der Waals surface area contributed by atoms with Gasteiger partial charge in [-0.15, -0.1) is 56.7 Å². The van der Waals surface area contributed by atoms with Crippen molar-refractivity contribution >= 4 is 234 Å². The highest BCUT2D eigenvalue weighted by Gasteiger charge is 2.25. The van der Waals surface area contributed by atoms with E-state index >= 15 is 0 Å². The van der Waals surface area contributed by atoms with E-state index in [0.717, 1.165) is 82.5 Å². The Balaban J connectivity index is 0.0000000900. The summed E-state index contributed by atoms with van der Waals surface area (Å²) >= 11 is 8.89. The van der Waals surface area contributed by atoms with E-state index in [2.05, 4.69) is 352 Å². The van der Waals surface area contributed by atoms with Gasteiger partial charge in [0.25, 0.3) is 0 Å². The van der Waals surface area contributed by atoms with Crippen molar-refractivity contribution in [2.45, 2.75) is 25.7 Å². The van der Waals surface area contributed by atoms with Gasteiger partial charge in [-0.3, -0.25) is 33.7 Å². The minimum atomic E-state index is 0.675. The Morgan fingerprint density at radius 2 is 0.693 bits per heavy atom. The predicted octanol–water partition coefficient (Wildman–Crippen LogP) is 32.5. The first-order valence-corrected chi connectivity index (χ1v) is 50.9. The van der Waals surface area contributed by atoms with E-state index in [9.17, 15) is 0 Å². The first-order chi connectivity index (χ1) is 69.5. The second-order valence-corrected chi connectivity index (χ2v) is 39.2. The number of fused-ring (bicyclic) bond motifs is 25. The van der Waals surface area contributed by atoms with E-state index in [4.69, 9.17) is 15.0 Å². The maximum absolute atomic E-state index is 5.00. The molecule has 0 bridgehead atoms. The Bertz CT molecular complexity index is 9560. The van der Waals surface area contributed by atoms with Gasteiger partial charge in [0.2, 0.25) is 0 Å². The predicted molar refractivity (Wildman–Crippen MR) is 590 cm³/mol. The summed E-state index contributed by atoms with van der Waals surface area (Å²) < 4.78 is 18.0. The number of hydrogen-bond acceptors (Lipinski definition) is 15. The minimum Gasteiger partial charge on any atom is -0.309 e. The molecule has 2 aliphatic heterocycles. The maximum atomic E-state index is 5.00. The van der Waals surface area contributed by atoms with Crippen LogP contribution in [0.2, 0.25) is 0 Å². The lowest BCUT2D eigenvalue weighted by Gasteiger charge is -2.12. The summed E-state index contributed by atoms with van der Waals surface area (Å²) in [5.74, 6) is 4.16. The van der Waals surface area contributed by atoms with Crippen molar-refractivity contribution < 1.29 is 0 Å². The van der Waals surface area contributed by atoms with Gasteiger partial charge in [0.05, 0.1) is 78.9 Å². The van der Waals surface area contributed by atoms with Gasteiger partial charge in [-0.2, -0.15) is 0 Å². The number of aromatic nitrogens is 13. The van der Waals surface area contributed by atoms with Crippen molar-refractivity contribution in [3.63, 3.8) is 0 Å². The van der Waals surface area contributed by atoms with Gasteiger partial charge in [-0.05, 0) is 227 Å². The topological polar surface area (TPSA) is 152 Å². The largest absolute Gasteiger partial charge is 0.309 e. The van der Waals surface area contributed by atoms with E-state index in [-0.39, 0.29) is 0 Å². The Labute approximate surface area is 821 Å². The van der Waals surface area contributed by atoms with Gasteiger partial charge in [-0.1, -0.05) is 176 Å². The van der Waals surface area contributed by atoms with Gasteiger partial charge in [0.1, 0.15) is 17.5 Å². The Morgan fingerprint density at radius 3 is 1.16 bits per heavy atom. The standard InChI is InChI=1S/C25H18N2S.C24H15N3S.C24H17N3S.C24H15N3S.C23H14N4S/c1-2-7-23-19(5-1)20-12-13-24-21(14-16-28-24)25(20)27(23)18-10-8-17(9-11-18)22-6-3-4-15-26-22;1-2-8-21-17(6-1)18-10-11-22-19(12-14-28-22)24(18)27(21)23-9-3-7-20(26-23)16-5-4-13-25-15-16;1-2-6-21-18(5-1)19-7-8-22-20(10-13-28-22)24(19)27(21)23-14-16(9-12-26-23)17-4-3-11-25-15-17;1-2-6-16(7-3-1)24-25-14-17(15-26-24)27-21-9-5-4-8-18(21)19-10-11-22-20(23(19)27)12-13-28-22;1-2-6-19-16(5-1)17-7-8-20-18(10-13-28-20)22(17)27(19)21-9-12-25-23(26-21)15-4-3-11-24-14-15/h1-2,4-5,7-16H,3,6H2;1-15H;1-2,5-15H,3-4H2;1-15H;1-14H. The van der Waals surface area contributed by atoms with Gasteiger partial charge in [-0.25, -0.2) is 29.9 Å². The lowest BCUT2D eigenvalue weighted by Crippen LogP contribution is -2.03. The summed E-state index contributed by atoms with van der Waals surface area (Å²) in [4.78, 5) is 45.8. The molecule has 28 aromatic rings. The molecule has 0 atom stereocenters. The number of rotatable bonds is 10. The van der Waals surface area contributed by atoms with Crippen molar-refractivity contribution in [1.82, 2.24) is 62.7 Å². The van der Waals surface area contributed by atoms with E-state index in [1.54, 1.807) is 75.3 Å². The molecular formula is C120H79N15S5. The van der Waals surface area contributed by atoms with Crippen LogP contribution in [-0.4, -0.2) is 74.6 Å². The molecule has 664 valence electrons. The highest BCUT2D eigenvalue weighted by Crippen LogP contribution is 2.46. The van der Waals surface area contributed by atoms with Gasteiger partial charge in [0.15, 0.2) is 11.6 Å². The average molecular weight is 1890 g/mol. The van der Waals surface area contributed by atoms with Crippen LogP contribution in [0, 0.1) is 0 Å². The van der Waals surface area contributed by atoms with E-state index in [0.29, 0.717) is 5.82 Å². The number of hydrogen-bond donors (Lipinski definition) is 0. The zero-order chi connectivity index (χ0) is 92.5. The van der Waals surface area contributed by atoms with Crippen LogP contribution < -0.4 is 0 Å². The van der Waals surface area contributed by atoms with Crippen LogP contribution in [0.1, 0.15) is 36.8 Å². The number of allylic oxidation sites excluding steroid dienone is 2. The molecule has 0 radical (unpaired) electrons. The third-order valence-corrected chi connectivity index (χ3v) is 30.9. The molecule has 18 heterocycles. The highest BCUT2D eigenvalue weighted by molar-refractivity contribution is 7.18. The smallest absolute Gasteiger partial charge is 0.163 e. The van der Waals surface area contributed by atoms with Crippen LogP contribution in [-0.2, 0) is 0 Å². The van der Waals surface area contributed by atoms with Crippen LogP contribution in [0.5, 0.6) is 0 Å². The van der Waals surface area contributed by atoms with Crippen molar-refractivity contribution in [3.05, 3.63) is 434 Å². The van der Waals surface area contributed by atoms with E-state index in [1.165, 1.54) is 182 Å². The summed E-state index contributed by atoms with van der Waals surface area (Å²) in [6.45, 7) is 0. The van der Waals surface area contributed by atoms with Crippen molar-refractivity contribution in [3.8, 4) is 62.9 Å². The molecule has 0 spiro atoms. The van der Waals surface area contributed by atoms with Crippen LogP contribution in [0.25, 0.3) is 228 Å². The number of aliphatic imine (C=N–C) groups is 2. The molecule has 0 N–H and O–H groups in total. The molecule has 30 rings (SSSR count). The Morgan fingerprint density at radius 1 is 0.257 bits per heavy atom. The fourth-order valence-electron chi connectivity index (χ4n) is 20.3. The fourth-order valence-corrected chi connectivity index (χ4v) is 24.2. The van der Waals surface area contributed by atoms with Crippen molar-refractivity contribution in [2.75, 3.05) is 0 Å². The second-order valence-electron chi connectivity index (χ2n) is 34.4. The fraction of sp³-hybridized carbons (Fsp3) is 0.0333. The third-order valence-electron chi connectivity index (χ3n) is 26.5. The molecule has 0 amide bonds. The summed E-state index contributed by atoms with van der Waals surface area (Å²) in [6, 6.07) is 116. The minimum absolute atomic E-state index is 0.675. The zero-order valence-electron chi connectivity index (χ0n) is 75.1. The first kappa shape index (κ1) is 83.6. The van der Waals surface area contributed by atoms with Crippen LogP contribution >= 0.6 is 56.7 Å². The Hall–Kier alpha value is -17.0. The number of pyridine rings is 4. The molecule has 0 fully saturated rings. The molecule has 15 nitrogen and oxygen atoms in total. The average Bonchev–Trinajstić information content (AvgIpc) is 1.59. The molecule has 2 aliphatic rings. The van der Waals surface area contributed by atoms with Crippen LogP contribution in [0.15, 0.2) is 433 Å². The molecule has 0 unspecified atom stereocenters. The molecule has 12 aromatic carbocycles. The molecule has 16 aromatic heterocycles. The molecule has 140 heavy (non-hydrogen) atoms. The Kier molecular flexibility index (Phi) is 21.5. The van der Waals surface area contributed by atoms with E-state index < -0.39 is 0 Å². The molecule has 20 heteroatoms. The van der Waals surface area contributed by atoms with Crippen LogP contribution in [0.4, 0.5) is 0 Å². The lowest BCUT2D eigenvalue weighted by molar-refractivity contribution is 1.04. The normalized spacial score (nSPS) is 12.6. The third kappa shape index (κ3) is 14.8. The maximum Gasteiger partial charge on any atom is 0.163 e. The summed E-state index contributed by atoms with van der Waals surface area (Å²) in [7, 11) is 0. The molecular weight excluding hydrogens is 1810 g/mol. The highest BCUT2D eigenvalue weighted by atomic mass is 32.1. The number of thiophene rings is 5. The number of para-hydroxylation sites is 5. The quantitative estimate of drug-likeness (QED) is 0.131. The molecule has 0 saturated heterocycles. The van der Waals surface area contributed by atoms with Gasteiger partial charge < -0.3 is 9.13 Å². The monoisotopic (exact) mass is 1890 g/mol. The second kappa shape index (κ2) is 35.9. The summed E-state index contributed by atoms with van der Waals surface area (Å²) in [5.41, 5.74) is 23.0. The summed E-state index contributed by atoms with van der Waals surface area (Å²) in [5, 5.41) is 29.8.